The second-order valence-corrected chi connectivity index (χ2v) is 10.3. The van der Waals surface area contributed by atoms with Crippen molar-refractivity contribution in [1.82, 2.24) is 25.0 Å². The maximum absolute atomic E-state index is 15.0. The van der Waals surface area contributed by atoms with E-state index in [4.69, 9.17) is 16.3 Å². The first-order chi connectivity index (χ1) is 18.4. The van der Waals surface area contributed by atoms with Gasteiger partial charge in [-0.05, 0) is 49.4 Å². The van der Waals surface area contributed by atoms with Gasteiger partial charge in [0.25, 0.3) is 5.91 Å². The number of rotatable bonds is 10. The third-order valence-corrected chi connectivity index (χ3v) is 7.61. The predicted molar refractivity (Wildman–Crippen MR) is 142 cm³/mol. The Bertz CT molecular complexity index is 1300. The van der Waals surface area contributed by atoms with Gasteiger partial charge in [-0.3, -0.25) is 14.4 Å². The van der Waals surface area contributed by atoms with E-state index in [1.165, 1.54) is 12.5 Å². The number of nitrogens with one attached hydrogen (secondary N) is 2. The smallest absolute Gasteiger partial charge is 0.251 e. The number of aliphatic hydroxyl groups is 1. The van der Waals surface area contributed by atoms with Crippen molar-refractivity contribution in [3.05, 3.63) is 69.9 Å². The van der Waals surface area contributed by atoms with E-state index in [-0.39, 0.29) is 24.9 Å². The molecule has 3 aromatic rings. The Hall–Kier alpha value is -3.21. The number of ether oxygens (including phenoxy) is 1. The van der Waals surface area contributed by atoms with Crippen LogP contribution >= 0.6 is 11.6 Å². The van der Waals surface area contributed by atoms with Crippen LogP contribution in [0.5, 0.6) is 5.75 Å². The van der Waals surface area contributed by atoms with Crippen LogP contribution in [0.4, 0.5) is 10.2 Å². The van der Waals surface area contributed by atoms with Gasteiger partial charge in [-0.25, -0.2) is 9.37 Å². The second-order valence-electron chi connectivity index (χ2n) is 9.91. The molecular weight excluding hydrogens is 511 g/mol. The Morgan fingerprint density at radius 2 is 2.13 bits per heavy atom. The summed E-state index contributed by atoms with van der Waals surface area (Å²) in [6.45, 7) is 1.52. The third kappa shape index (κ3) is 6.09. The molecule has 1 atom stereocenters. The standard InChI is InChI=1S/C27H32ClFN6O3/c1-34-19(6-9-32-34)16-38-24-12-23(29)22-15-35(10-7-21(22)26(24)28)14-20(36)13-31-27(37)17-5-8-30-25(11-17)33-18-3-2-4-18/h5-6,8-9,11-12,18,20,36H,2-4,7,10,13-16H2,1H3,(H,30,33)(H,31,37)/t20-/m0/s1. The van der Waals surface area contributed by atoms with Crippen LogP contribution in [0, 0.1) is 5.82 Å². The number of β-amino-alcohol motifs (C(OH)–C–C–N with tert-alkyl or cyclic N) is 1. The summed E-state index contributed by atoms with van der Waals surface area (Å²) >= 11 is 6.59. The van der Waals surface area contributed by atoms with Crippen molar-refractivity contribution in [2.24, 2.45) is 7.05 Å². The largest absolute Gasteiger partial charge is 0.486 e. The maximum Gasteiger partial charge on any atom is 0.251 e. The highest BCUT2D eigenvalue weighted by atomic mass is 35.5. The predicted octanol–water partition coefficient (Wildman–Crippen LogP) is 3.30. The van der Waals surface area contributed by atoms with Crippen LogP contribution in [0.15, 0.2) is 36.7 Å². The Balaban J connectivity index is 1.13. The van der Waals surface area contributed by atoms with Gasteiger partial charge in [-0.2, -0.15) is 5.10 Å². The molecule has 2 aromatic heterocycles. The highest BCUT2D eigenvalue weighted by Gasteiger charge is 2.26. The number of fused-ring (bicyclic) bond motifs is 1. The molecule has 0 spiro atoms. The molecule has 3 heterocycles. The Kier molecular flexibility index (Phi) is 8.11. The summed E-state index contributed by atoms with van der Waals surface area (Å²) in [5, 5.41) is 21.2. The number of aliphatic hydroxyl groups excluding tert-OH is 1. The molecule has 0 radical (unpaired) electrons. The van der Waals surface area contributed by atoms with Crippen LogP contribution in [0.25, 0.3) is 0 Å². The van der Waals surface area contributed by atoms with Crippen molar-refractivity contribution in [3.8, 4) is 5.75 Å². The van der Waals surface area contributed by atoms with Gasteiger partial charge in [-0.15, -0.1) is 0 Å². The van der Waals surface area contributed by atoms with E-state index in [2.05, 4.69) is 20.7 Å². The highest BCUT2D eigenvalue weighted by Crippen LogP contribution is 2.36. The minimum atomic E-state index is -0.810. The number of amides is 1. The fourth-order valence-electron chi connectivity index (χ4n) is 4.74. The number of carbonyl (C=O) groups excluding carboxylic acids is 1. The number of hydrogen-bond donors (Lipinski definition) is 3. The number of anilines is 1. The van der Waals surface area contributed by atoms with Crippen LogP contribution in [-0.2, 0) is 26.6 Å². The third-order valence-electron chi connectivity index (χ3n) is 7.20. The molecule has 1 amide bonds. The lowest BCUT2D eigenvalue weighted by Gasteiger charge is -2.31. The summed E-state index contributed by atoms with van der Waals surface area (Å²) in [5.74, 6) is 0.327. The van der Waals surface area contributed by atoms with Crippen molar-refractivity contribution < 1.29 is 19.0 Å². The highest BCUT2D eigenvalue weighted by molar-refractivity contribution is 6.33. The van der Waals surface area contributed by atoms with E-state index in [0.29, 0.717) is 59.8 Å². The summed E-state index contributed by atoms with van der Waals surface area (Å²) < 4.78 is 22.5. The van der Waals surface area contributed by atoms with Gasteiger partial charge >= 0.3 is 0 Å². The molecule has 0 bridgehead atoms. The number of pyridine rings is 1. The van der Waals surface area contributed by atoms with Crippen LogP contribution < -0.4 is 15.4 Å². The van der Waals surface area contributed by atoms with Gasteiger partial charge in [0.05, 0.1) is 16.8 Å². The number of nitrogens with zero attached hydrogens (tertiary/aromatic N) is 4. The Labute approximate surface area is 226 Å². The quantitative estimate of drug-likeness (QED) is 0.361. The molecule has 1 aliphatic carbocycles. The number of carbonyl (C=O) groups is 1. The molecular formula is C27H32ClFN6O3. The van der Waals surface area contributed by atoms with Gasteiger partial charge in [-0.1, -0.05) is 11.6 Å². The number of benzene rings is 1. The molecule has 1 fully saturated rings. The van der Waals surface area contributed by atoms with E-state index in [1.54, 1.807) is 29.2 Å². The first-order valence-electron chi connectivity index (χ1n) is 12.9. The van der Waals surface area contributed by atoms with E-state index in [1.807, 2.05) is 18.0 Å². The molecule has 38 heavy (non-hydrogen) atoms. The minimum Gasteiger partial charge on any atom is -0.486 e. The van der Waals surface area contributed by atoms with Gasteiger partial charge in [0.2, 0.25) is 0 Å². The summed E-state index contributed by atoms with van der Waals surface area (Å²) in [5.41, 5.74) is 2.57. The number of aryl methyl sites for hydroxylation is 1. The molecule has 11 heteroatoms. The fraction of sp³-hybridized carbons (Fsp3) is 0.444. The normalized spacial score (nSPS) is 16.4. The Morgan fingerprint density at radius 3 is 2.87 bits per heavy atom. The van der Waals surface area contributed by atoms with Crippen LogP contribution in [0.2, 0.25) is 5.02 Å². The molecule has 5 rings (SSSR count). The molecule has 1 saturated carbocycles. The molecule has 1 aliphatic heterocycles. The topological polar surface area (TPSA) is 105 Å². The van der Waals surface area contributed by atoms with Gasteiger partial charge in [0, 0.05) is 68.9 Å². The number of halogens is 2. The first kappa shape index (κ1) is 26.4. The summed E-state index contributed by atoms with van der Waals surface area (Å²) in [4.78, 5) is 18.9. The van der Waals surface area contributed by atoms with Gasteiger partial charge < -0.3 is 20.5 Å². The second kappa shape index (κ2) is 11.7. The van der Waals surface area contributed by atoms with E-state index in [9.17, 15) is 9.90 Å². The molecule has 202 valence electrons. The zero-order chi connectivity index (χ0) is 26.6. The summed E-state index contributed by atoms with van der Waals surface area (Å²) in [6, 6.07) is 6.94. The zero-order valence-corrected chi connectivity index (χ0v) is 22.0. The molecule has 3 N–H and O–H groups in total. The molecule has 2 aliphatic rings. The first-order valence-corrected chi connectivity index (χ1v) is 13.3. The lowest BCUT2D eigenvalue weighted by atomic mass is 9.93. The zero-order valence-electron chi connectivity index (χ0n) is 21.3. The van der Waals surface area contributed by atoms with Crippen molar-refractivity contribution in [3.63, 3.8) is 0 Å². The van der Waals surface area contributed by atoms with Crippen LogP contribution in [0.3, 0.4) is 0 Å². The average molecular weight is 543 g/mol. The molecule has 1 aromatic carbocycles. The van der Waals surface area contributed by atoms with Crippen molar-refractivity contribution >= 4 is 23.3 Å². The fourth-order valence-corrected chi connectivity index (χ4v) is 5.06. The summed E-state index contributed by atoms with van der Waals surface area (Å²) in [6.07, 6.45) is 6.43. The van der Waals surface area contributed by atoms with E-state index in [0.717, 1.165) is 24.1 Å². The molecule has 9 nitrogen and oxygen atoms in total. The maximum atomic E-state index is 15.0. The Morgan fingerprint density at radius 1 is 1.29 bits per heavy atom. The molecule has 0 saturated heterocycles. The van der Waals surface area contributed by atoms with Gasteiger partial charge in [0.1, 0.15) is 24.0 Å². The van der Waals surface area contributed by atoms with Crippen LogP contribution in [0.1, 0.15) is 46.4 Å². The number of aromatic nitrogens is 3. The SMILES string of the molecule is Cn1nccc1COc1cc(F)c2c(c1Cl)CCN(C[C@@H](O)CNC(=O)c1ccnc(NC3CCC3)c1)C2. The monoisotopic (exact) mass is 542 g/mol. The van der Waals surface area contributed by atoms with Crippen molar-refractivity contribution in [2.75, 3.05) is 25.0 Å². The lowest BCUT2D eigenvalue weighted by Crippen LogP contribution is -2.42. The van der Waals surface area contributed by atoms with E-state index < -0.39 is 6.10 Å². The average Bonchev–Trinajstić information content (AvgIpc) is 3.30. The minimum absolute atomic E-state index is 0.0833. The van der Waals surface area contributed by atoms with Crippen molar-refractivity contribution in [2.45, 2.75) is 51.0 Å². The van der Waals surface area contributed by atoms with E-state index >= 15 is 4.39 Å². The lowest BCUT2D eigenvalue weighted by molar-refractivity contribution is 0.0839. The van der Waals surface area contributed by atoms with Crippen LogP contribution in [-0.4, -0.2) is 62.5 Å². The molecule has 0 unspecified atom stereocenters. The van der Waals surface area contributed by atoms with Gasteiger partial charge in [0.15, 0.2) is 0 Å². The number of hydrogen-bond acceptors (Lipinski definition) is 7. The van der Waals surface area contributed by atoms with Crippen molar-refractivity contribution in [1.29, 1.82) is 0 Å². The summed E-state index contributed by atoms with van der Waals surface area (Å²) in [7, 11) is 1.81.